The topological polar surface area (TPSA) is 80.1 Å². The van der Waals surface area contributed by atoms with Gasteiger partial charge in [0.1, 0.15) is 10.6 Å². The third-order valence-corrected chi connectivity index (χ3v) is 3.02. The second kappa shape index (κ2) is 8.02. The quantitative estimate of drug-likeness (QED) is 0.534. The number of rotatable bonds is 7. The number of unbranched alkanes of at least 4 members (excludes halogenated alkanes) is 2. The average Bonchev–Trinajstić information content (AvgIpc) is 2.80. The fraction of sp³-hybridized carbons (Fsp3) is 0.600. The molecule has 1 amide bonds. The van der Waals surface area contributed by atoms with Gasteiger partial charge in [-0.25, -0.2) is 4.79 Å². The van der Waals surface area contributed by atoms with E-state index in [-0.39, 0.29) is 6.09 Å². The van der Waals surface area contributed by atoms with Crippen LogP contribution in [-0.2, 0) is 11.2 Å². The molecule has 0 saturated carbocycles. The van der Waals surface area contributed by atoms with Crippen LogP contribution in [0.1, 0.15) is 51.4 Å². The van der Waals surface area contributed by atoms with Crippen molar-refractivity contribution < 1.29 is 9.53 Å². The first-order valence-electron chi connectivity index (χ1n) is 7.22. The van der Waals surface area contributed by atoms with E-state index in [0.29, 0.717) is 11.5 Å². The summed E-state index contributed by atoms with van der Waals surface area (Å²) in [6, 6.07) is 3.91. The van der Waals surface area contributed by atoms with E-state index < -0.39 is 5.60 Å². The first-order chi connectivity index (χ1) is 9.78. The van der Waals surface area contributed by atoms with E-state index in [0.717, 1.165) is 37.1 Å². The number of ether oxygens (including phenoxy) is 1. The highest BCUT2D eigenvalue weighted by molar-refractivity contribution is 7.80. The summed E-state index contributed by atoms with van der Waals surface area (Å²) in [5.41, 5.74) is 7.04. The standard InChI is InChI=1S/C15H25N3O2S/c1-15(2,3)20-14(19)17-10-6-4-5-7-11-8-9-12(18-11)13(16)21/h8-9,18H,4-7,10H2,1-3H3,(H2,16,21)(H,17,19). The molecule has 6 heteroatoms. The largest absolute Gasteiger partial charge is 0.444 e. The van der Waals surface area contributed by atoms with Crippen LogP contribution < -0.4 is 11.1 Å². The highest BCUT2D eigenvalue weighted by atomic mass is 32.1. The third-order valence-electron chi connectivity index (χ3n) is 2.80. The van der Waals surface area contributed by atoms with Crippen molar-refractivity contribution in [1.29, 1.82) is 0 Å². The Morgan fingerprint density at radius 2 is 2.05 bits per heavy atom. The first kappa shape index (κ1) is 17.5. The number of hydrogen-bond acceptors (Lipinski definition) is 3. The Morgan fingerprint density at radius 3 is 2.62 bits per heavy atom. The van der Waals surface area contributed by atoms with Crippen LogP contribution in [0.4, 0.5) is 4.79 Å². The fourth-order valence-corrected chi connectivity index (χ4v) is 1.97. The summed E-state index contributed by atoms with van der Waals surface area (Å²) < 4.78 is 5.16. The second-order valence-corrected chi connectivity index (χ2v) is 6.44. The maximum absolute atomic E-state index is 11.4. The first-order valence-corrected chi connectivity index (χ1v) is 7.63. The molecule has 0 fully saturated rings. The Balaban J connectivity index is 2.09. The number of alkyl carbamates (subject to hydrolysis) is 1. The Morgan fingerprint density at radius 1 is 1.33 bits per heavy atom. The molecule has 5 nitrogen and oxygen atoms in total. The van der Waals surface area contributed by atoms with Crippen LogP contribution in [0.5, 0.6) is 0 Å². The van der Waals surface area contributed by atoms with Crippen molar-refractivity contribution >= 4 is 23.3 Å². The summed E-state index contributed by atoms with van der Waals surface area (Å²) in [5.74, 6) is 0. The number of H-pyrrole nitrogens is 1. The molecule has 1 rings (SSSR count). The number of aromatic nitrogens is 1. The van der Waals surface area contributed by atoms with E-state index in [4.69, 9.17) is 22.7 Å². The van der Waals surface area contributed by atoms with Crippen molar-refractivity contribution in [2.45, 2.75) is 52.1 Å². The Labute approximate surface area is 131 Å². The molecule has 0 bridgehead atoms. The molecule has 0 aliphatic heterocycles. The molecule has 1 heterocycles. The maximum atomic E-state index is 11.4. The lowest BCUT2D eigenvalue weighted by Crippen LogP contribution is -2.32. The van der Waals surface area contributed by atoms with Gasteiger partial charge in [-0.2, -0.15) is 0 Å². The molecule has 21 heavy (non-hydrogen) atoms. The van der Waals surface area contributed by atoms with Gasteiger partial charge in [-0.15, -0.1) is 0 Å². The van der Waals surface area contributed by atoms with Crippen LogP contribution in [0.25, 0.3) is 0 Å². The van der Waals surface area contributed by atoms with Crippen molar-refractivity contribution in [3.8, 4) is 0 Å². The van der Waals surface area contributed by atoms with Gasteiger partial charge in [0.15, 0.2) is 0 Å². The van der Waals surface area contributed by atoms with Crippen molar-refractivity contribution in [2.24, 2.45) is 5.73 Å². The van der Waals surface area contributed by atoms with Gasteiger partial charge in [-0.3, -0.25) is 0 Å². The number of nitrogens with two attached hydrogens (primary N) is 1. The highest BCUT2D eigenvalue weighted by Crippen LogP contribution is 2.08. The Bertz CT molecular complexity index is 478. The fourth-order valence-electron chi connectivity index (χ4n) is 1.85. The third kappa shape index (κ3) is 7.70. The number of hydrogen-bond donors (Lipinski definition) is 3. The molecule has 0 aliphatic rings. The number of aryl methyl sites for hydroxylation is 1. The zero-order valence-corrected chi connectivity index (χ0v) is 13.8. The minimum absolute atomic E-state index is 0.354. The average molecular weight is 311 g/mol. The predicted molar refractivity (Wildman–Crippen MR) is 88.5 cm³/mol. The maximum Gasteiger partial charge on any atom is 0.407 e. The van der Waals surface area contributed by atoms with Gasteiger partial charge in [0.2, 0.25) is 0 Å². The van der Waals surface area contributed by atoms with Crippen molar-refractivity contribution in [1.82, 2.24) is 10.3 Å². The van der Waals surface area contributed by atoms with E-state index >= 15 is 0 Å². The Hall–Kier alpha value is -1.56. The lowest BCUT2D eigenvalue weighted by molar-refractivity contribution is 0.0527. The number of thiocarbonyl (C=S) groups is 1. The van der Waals surface area contributed by atoms with E-state index in [1.54, 1.807) is 0 Å². The van der Waals surface area contributed by atoms with Crippen LogP contribution in [0.15, 0.2) is 12.1 Å². The molecule has 0 aromatic carbocycles. The van der Waals surface area contributed by atoms with Gasteiger partial charge in [0, 0.05) is 12.2 Å². The van der Waals surface area contributed by atoms with Crippen molar-refractivity contribution in [3.05, 3.63) is 23.5 Å². The molecule has 4 N–H and O–H groups in total. The summed E-state index contributed by atoms with van der Waals surface area (Å²) in [6.45, 7) is 6.19. The molecule has 0 saturated heterocycles. The number of carbonyl (C=O) groups excluding carboxylic acids is 1. The number of aromatic amines is 1. The van der Waals surface area contributed by atoms with Gasteiger partial charge >= 0.3 is 6.09 Å². The summed E-state index contributed by atoms with van der Waals surface area (Å²) in [4.78, 5) is 15.0. The van der Waals surface area contributed by atoms with E-state index in [9.17, 15) is 4.79 Å². The van der Waals surface area contributed by atoms with Gasteiger partial charge in [0.25, 0.3) is 0 Å². The van der Waals surface area contributed by atoms with E-state index in [1.807, 2.05) is 32.9 Å². The van der Waals surface area contributed by atoms with Gasteiger partial charge in [-0.1, -0.05) is 18.6 Å². The highest BCUT2D eigenvalue weighted by Gasteiger charge is 2.15. The second-order valence-electron chi connectivity index (χ2n) is 6.00. The molecule has 0 aliphatic carbocycles. The van der Waals surface area contributed by atoms with E-state index in [2.05, 4.69) is 10.3 Å². The molecule has 0 radical (unpaired) electrons. The van der Waals surface area contributed by atoms with Crippen LogP contribution in [0, 0.1) is 0 Å². The van der Waals surface area contributed by atoms with Crippen molar-refractivity contribution in [2.75, 3.05) is 6.54 Å². The van der Waals surface area contributed by atoms with Crippen LogP contribution in [-0.4, -0.2) is 28.2 Å². The molecular formula is C15H25N3O2S. The number of nitrogens with one attached hydrogen (secondary N) is 2. The van der Waals surface area contributed by atoms with Crippen LogP contribution in [0.2, 0.25) is 0 Å². The smallest absolute Gasteiger partial charge is 0.407 e. The minimum atomic E-state index is -0.445. The minimum Gasteiger partial charge on any atom is -0.444 e. The molecule has 0 spiro atoms. The van der Waals surface area contributed by atoms with E-state index in [1.165, 1.54) is 0 Å². The zero-order chi connectivity index (χ0) is 15.9. The molecular weight excluding hydrogens is 286 g/mol. The SMILES string of the molecule is CC(C)(C)OC(=O)NCCCCCc1ccc(C(N)=S)[nH]1. The Kier molecular flexibility index (Phi) is 6.68. The summed E-state index contributed by atoms with van der Waals surface area (Å²) in [6.07, 6.45) is 3.62. The van der Waals surface area contributed by atoms with Gasteiger partial charge < -0.3 is 20.8 Å². The predicted octanol–water partition coefficient (Wildman–Crippen LogP) is 2.89. The molecule has 1 aromatic rings. The zero-order valence-electron chi connectivity index (χ0n) is 13.0. The molecule has 0 atom stereocenters. The summed E-state index contributed by atoms with van der Waals surface area (Å²) in [7, 11) is 0. The lowest BCUT2D eigenvalue weighted by Gasteiger charge is -2.19. The van der Waals surface area contributed by atoms with Crippen LogP contribution >= 0.6 is 12.2 Å². The molecule has 0 unspecified atom stereocenters. The van der Waals surface area contributed by atoms with Gasteiger partial charge in [-0.05, 0) is 52.2 Å². The summed E-state index contributed by atoms with van der Waals surface area (Å²) >= 11 is 4.90. The van der Waals surface area contributed by atoms with Gasteiger partial charge in [0.05, 0.1) is 5.69 Å². The number of amides is 1. The lowest BCUT2D eigenvalue weighted by atomic mass is 10.1. The van der Waals surface area contributed by atoms with Crippen LogP contribution in [0.3, 0.4) is 0 Å². The summed E-state index contributed by atoms with van der Waals surface area (Å²) in [5, 5.41) is 2.75. The molecule has 118 valence electrons. The molecule has 1 aromatic heterocycles. The monoisotopic (exact) mass is 311 g/mol. The van der Waals surface area contributed by atoms with Crippen molar-refractivity contribution in [3.63, 3.8) is 0 Å². The normalized spacial score (nSPS) is 11.2. The number of carbonyl (C=O) groups is 1.